The quantitative estimate of drug-likeness (QED) is 0.927. The predicted octanol–water partition coefficient (Wildman–Crippen LogP) is 2.41. The van der Waals surface area contributed by atoms with Crippen LogP contribution in [0.3, 0.4) is 0 Å². The summed E-state index contributed by atoms with van der Waals surface area (Å²) in [6.07, 6.45) is 9.57. The maximum absolute atomic E-state index is 12.2. The lowest BCUT2D eigenvalue weighted by molar-refractivity contribution is -0.124. The largest absolute Gasteiger partial charge is 0.349 e. The van der Waals surface area contributed by atoms with Gasteiger partial charge in [0.1, 0.15) is 5.01 Å². The molecule has 1 aromatic heterocycles. The Morgan fingerprint density at radius 1 is 1.35 bits per heavy atom. The maximum Gasteiger partial charge on any atom is 0.224 e. The van der Waals surface area contributed by atoms with Crippen LogP contribution in [0.1, 0.15) is 43.5 Å². The van der Waals surface area contributed by atoms with Gasteiger partial charge in [0.25, 0.3) is 0 Å². The average Bonchev–Trinajstić information content (AvgIpc) is 3.17. The Bertz CT molecular complexity index is 428. The zero-order valence-electron chi connectivity index (χ0n) is 11.9. The second kappa shape index (κ2) is 6.68. The van der Waals surface area contributed by atoms with Gasteiger partial charge in [-0.25, -0.2) is 4.98 Å². The van der Waals surface area contributed by atoms with E-state index in [0.29, 0.717) is 6.54 Å². The summed E-state index contributed by atoms with van der Waals surface area (Å²) >= 11 is 1.59. The lowest BCUT2D eigenvalue weighted by Gasteiger charge is -2.30. The predicted molar refractivity (Wildman–Crippen MR) is 80.5 cm³/mol. The molecule has 20 heavy (non-hydrogen) atoms. The number of rotatable bonds is 4. The lowest BCUT2D eigenvalue weighted by atomic mass is 9.94. The van der Waals surface area contributed by atoms with Gasteiger partial charge in [0.05, 0.1) is 12.5 Å². The van der Waals surface area contributed by atoms with E-state index in [9.17, 15) is 4.79 Å². The van der Waals surface area contributed by atoms with Gasteiger partial charge in [-0.1, -0.05) is 19.3 Å². The van der Waals surface area contributed by atoms with Gasteiger partial charge in [-0.3, -0.25) is 9.69 Å². The number of thiazole rings is 1. The second-order valence-electron chi connectivity index (χ2n) is 5.92. The number of carbonyl (C=O) groups is 1. The van der Waals surface area contributed by atoms with E-state index in [-0.39, 0.29) is 11.8 Å². The number of aromatic nitrogens is 1. The van der Waals surface area contributed by atoms with Crippen LogP contribution in [0.4, 0.5) is 0 Å². The molecule has 2 aliphatic rings. The molecule has 1 aromatic rings. The fraction of sp³-hybridized carbons (Fsp3) is 0.733. The van der Waals surface area contributed by atoms with E-state index >= 15 is 0 Å². The van der Waals surface area contributed by atoms with E-state index in [1.165, 1.54) is 32.1 Å². The smallest absolute Gasteiger partial charge is 0.224 e. The molecule has 1 aliphatic heterocycles. The van der Waals surface area contributed by atoms with E-state index in [1.807, 2.05) is 5.38 Å². The van der Waals surface area contributed by atoms with Gasteiger partial charge in [0.15, 0.2) is 0 Å². The fourth-order valence-electron chi connectivity index (χ4n) is 3.43. The van der Waals surface area contributed by atoms with Crippen LogP contribution in [0.25, 0.3) is 0 Å². The monoisotopic (exact) mass is 293 g/mol. The van der Waals surface area contributed by atoms with Crippen LogP contribution >= 0.6 is 11.3 Å². The van der Waals surface area contributed by atoms with Gasteiger partial charge >= 0.3 is 0 Å². The van der Waals surface area contributed by atoms with E-state index in [4.69, 9.17) is 0 Å². The molecule has 3 rings (SSSR count). The second-order valence-corrected chi connectivity index (χ2v) is 6.90. The van der Waals surface area contributed by atoms with Crippen LogP contribution < -0.4 is 5.32 Å². The highest BCUT2D eigenvalue weighted by atomic mass is 32.1. The minimum absolute atomic E-state index is 0.178. The van der Waals surface area contributed by atoms with Crippen molar-refractivity contribution in [3.8, 4) is 0 Å². The minimum Gasteiger partial charge on any atom is -0.349 e. The molecule has 1 N–H and O–H groups in total. The van der Waals surface area contributed by atoms with Crippen molar-refractivity contribution in [2.45, 2.75) is 51.1 Å². The molecule has 0 radical (unpaired) electrons. The summed E-state index contributed by atoms with van der Waals surface area (Å²) in [7, 11) is 0. The molecule has 5 heteroatoms. The average molecular weight is 293 g/mol. The maximum atomic E-state index is 12.2. The van der Waals surface area contributed by atoms with Gasteiger partial charge in [0, 0.05) is 24.2 Å². The molecule has 1 amide bonds. The van der Waals surface area contributed by atoms with Crippen LogP contribution in [-0.4, -0.2) is 34.9 Å². The Hall–Kier alpha value is -0.940. The lowest BCUT2D eigenvalue weighted by Crippen LogP contribution is -2.37. The summed E-state index contributed by atoms with van der Waals surface area (Å²) in [6, 6.07) is 0.737. The molecule has 0 spiro atoms. The third kappa shape index (κ3) is 3.38. The van der Waals surface area contributed by atoms with Gasteiger partial charge in [-0.05, 0) is 25.8 Å². The van der Waals surface area contributed by atoms with Crippen molar-refractivity contribution in [1.29, 1.82) is 0 Å². The molecule has 4 nitrogen and oxygen atoms in total. The van der Waals surface area contributed by atoms with Crippen molar-refractivity contribution >= 4 is 17.2 Å². The molecule has 0 aromatic carbocycles. The molecular weight excluding hydrogens is 270 g/mol. The van der Waals surface area contributed by atoms with E-state index in [1.54, 1.807) is 17.5 Å². The Labute approximate surface area is 124 Å². The summed E-state index contributed by atoms with van der Waals surface area (Å²) in [5.74, 6) is 0.385. The van der Waals surface area contributed by atoms with Crippen LogP contribution in [0.2, 0.25) is 0 Å². The summed E-state index contributed by atoms with van der Waals surface area (Å²) in [6.45, 7) is 2.63. The minimum atomic E-state index is 0.178. The first-order valence-electron chi connectivity index (χ1n) is 7.73. The number of carbonyl (C=O) groups excluding carboxylic acids is 1. The molecule has 1 saturated carbocycles. The zero-order chi connectivity index (χ0) is 13.8. The number of amides is 1. The number of hydrogen-bond acceptors (Lipinski definition) is 4. The van der Waals surface area contributed by atoms with E-state index in [0.717, 1.165) is 30.6 Å². The third-order valence-corrected chi connectivity index (χ3v) is 5.36. The molecule has 1 atom stereocenters. The van der Waals surface area contributed by atoms with E-state index < -0.39 is 0 Å². The topological polar surface area (TPSA) is 45.2 Å². The van der Waals surface area contributed by atoms with Gasteiger partial charge < -0.3 is 5.32 Å². The first kappa shape index (κ1) is 14.0. The Kier molecular flexibility index (Phi) is 4.68. The first-order valence-corrected chi connectivity index (χ1v) is 8.61. The molecule has 110 valence electrons. The van der Waals surface area contributed by atoms with Crippen molar-refractivity contribution < 1.29 is 4.79 Å². The van der Waals surface area contributed by atoms with Crippen LogP contribution in [0.5, 0.6) is 0 Å². The summed E-state index contributed by atoms with van der Waals surface area (Å²) < 4.78 is 0. The molecule has 2 fully saturated rings. The normalized spacial score (nSPS) is 24.9. The van der Waals surface area contributed by atoms with Crippen molar-refractivity contribution in [3.05, 3.63) is 16.6 Å². The fourth-order valence-corrected chi connectivity index (χ4v) is 3.98. The third-order valence-electron chi connectivity index (χ3n) is 4.58. The molecule has 1 aliphatic carbocycles. The Morgan fingerprint density at radius 3 is 2.95 bits per heavy atom. The van der Waals surface area contributed by atoms with Gasteiger partial charge in [-0.2, -0.15) is 0 Å². The highest BCUT2D eigenvalue weighted by Gasteiger charge is 2.32. The first-order chi connectivity index (χ1) is 9.83. The van der Waals surface area contributed by atoms with Crippen LogP contribution in [-0.2, 0) is 11.3 Å². The van der Waals surface area contributed by atoms with Crippen LogP contribution in [0, 0.1) is 5.92 Å². The Balaban J connectivity index is 1.45. The molecule has 1 saturated heterocycles. The van der Waals surface area contributed by atoms with Crippen molar-refractivity contribution in [2.75, 3.05) is 13.1 Å². The molecule has 0 unspecified atom stereocenters. The number of likely N-dealkylation sites (tertiary alicyclic amines) is 1. The number of nitrogens with zero attached hydrogens (tertiary/aromatic N) is 2. The van der Waals surface area contributed by atoms with E-state index in [2.05, 4.69) is 15.2 Å². The number of nitrogens with one attached hydrogen (secondary N) is 1. The highest BCUT2D eigenvalue weighted by Crippen LogP contribution is 2.27. The standard InChI is InChI=1S/C15H23N3OS/c19-15(17-10-14-16-7-9-20-14)12-6-8-18(11-12)13-4-2-1-3-5-13/h7,9,12-13H,1-6,8,10-11H2,(H,17,19)/t12-/m1/s1. The molecular formula is C15H23N3OS. The van der Waals surface area contributed by atoms with Crippen LogP contribution in [0.15, 0.2) is 11.6 Å². The highest BCUT2D eigenvalue weighted by molar-refractivity contribution is 7.09. The van der Waals surface area contributed by atoms with Gasteiger partial charge in [0.2, 0.25) is 5.91 Å². The summed E-state index contributed by atoms with van der Waals surface area (Å²) in [4.78, 5) is 19.0. The van der Waals surface area contributed by atoms with Crippen molar-refractivity contribution in [3.63, 3.8) is 0 Å². The SMILES string of the molecule is O=C(NCc1nccs1)[C@@H]1CCN(C2CCCCC2)C1. The summed E-state index contributed by atoms with van der Waals surface area (Å²) in [5.41, 5.74) is 0. The van der Waals surface area contributed by atoms with Crippen molar-refractivity contribution in [2.24, 2.45) is 5.92 Å². The van der Waals surface area contributed by atoms with Crippen molar-refractivity contribution in [1.82, 2.24) is 15.2 Å². The zero-order valence-corrected chi connectivity index (χ0v) is 12.7. The molecule has 2 heterocycles. The molecule has 0 bridgehead atoms. The van der Waals surface area contributed by atoms with Gasteiger partial charge in [-0.15, -0.1) is 11.3 Å². The Morgan fingerprint density at radius 2 is 2.20 bits per heavy atom. The summed E-state index contributed by atoms with van der Waals surface area (Å²) in [5, 5.41) is 5.97. The number of hydrogen-bond donors (Lipinski definition) is 1.